The molecular formula is C15H20N2O2. The highest BCUT2D eigenvalue weighted by molar-refractivity contribution is 5.96. The summed E-state index contributed by atoms with van der Waals surface area (Å²) in [6, 6.07) is 1.86. The lowest BCUT2D eigenvalue weighted by atomic mass is 10.1. The van der Waals surface area contributed by atoms with E-state index in [1.54, 1.807) is 18.5 Å². The normalized spacial score (nSPS) is 11.4. The molecule has 1 atom stereocenters. The molecule has 0 radical (unpaired) electrons. The van der Waals surface area contributed by atoms with E-state index in [4.69, 9.17) is 5.11 Å². The van der Waals surface area contributed by atoms with Gasteiger partial charge in [-0.2, -0.15) is 0 Å². The van der Waals surface area contributed by atoms with Crippen LogP contribution in [-0.4, -0.2) is 40.1 Å². The van der Waals surface area contributed by atoms with Crippen LogP contribution in [0.2, 0.25) is 0 Å². The summed E-state index contributed by atoms with van der Waals surface area (Å²) in [6.45, 7) is 6.47. The number of carbonyl (C=O) groups excluding carboxylic acids is 1. The highest BCUT2D eigenvalue weighted by atomic mass is 16.2. The summed E-state index contributed by atoms with van der Waals surface area (Å²) in [5.41, 5.74) is 1.10. The molecule has 1 aromatic heterocycles. The SMILES string of the molecule is CCC(C)N(CC)C(=O)c1ccncc1C#CCO. The number of pyridine rings is 1. The summed E-state index contributed by atoms with van der Waals surface area (Å²) in [5.74, 6) is 5.28. The number of aliphatic hydroxyl groups excluding tert-OH is 1. The minimum absolute atomic E-state index is 0.0403. The van der Waals surface area contributed by atoms with Crippen LogP contribution >= 0.6 is 0 Å². The van der Waals surface area contributed by atoms with Crippen LogP contribution in [0.25, 0.3) is 0 Å². The number of rotatable bonds is 4. The highest BCUT2D eigenvalue weighted by Crippen LogP contribution is 2.13. The Labute approximate surface area is 114 Å². The second-order valence-electron chi connectivity index (χ2n) is 4.23. The Bertz CT molecular complexity index is 488. The summed E-state index contributed by atoms with van der Waals surface area (Å²) in [5, 5.41) is 8.75. The number of aliphatic hydroxyl groups is 1. The fourth-order valence-corrected chi connectivity index (χ4v) is 1.85. The summed E-state index contributed by atoms with van der Waals surface area (Å²) in [6.07, 6.45) is 4.05. The van der Waals surface area contributed by atoms with Gasteiger partial charge in [-0.25, -0.2) is 0 Å². The lowest BCUT2D eigenvalue weighted by Crippen LogP contribution is -2.38. The molecular weight excluding hydrogens is 240 g/mol. The lowest BCUT2D eigenvalue weighted by Gasteiger charge is -2.27. The molecule has 0 fully saturated rings. The van der Waals surface area contributed by atoms with Crippen molar-refractivity contribution in [3.05, 3.63) is 29.6 Å². The molecule has 19 heavy (non-hydrogen) atoms. The van der Waals surface area contributed by atoms with E-state index < -0.39 is 0 Å². The van der Waals surface area contributed by atoms with Crippen LogP contribution in [0, 0.1) is 11.8 Å². The first-order valence-corrected chi connectivity index (χ1v) is 6.50. The van der Waals surface area contributed by atoms with E-state index >= 15 is 0 Å². The van der Waals surface area contributed by atoms with Gasteiger partial charge in [-0.15, -0.1) is 0 Å². The Morgan fingerprint density at radius 3 is 2.84 bits per heavy atom. The molecule has 4 nitrogen and oxygen atoms in total. The average molecular weight is 260 g/mol. The molecule has 102 valence electrons. The highest BCUT2D eigenvalue weighted by Gasteiger charge is 2.20. The molecule has 1 N–H and O–H groups in total. The van der Waals surface area contributed by atoms with Crippen LogP contribution in [0.3, 0.4) is 0 Å². The minimum Gasteiger partial charge on any atom is -0.384 e. The lowest BCUT2D eigenvalue weighted by molar-refractivity contribution is 0.0699. The van der Waals surface area contributed by atoms with E-state index in [1.165, 1.54) is 0 Å². The second-order valence-corrected chi connectivity index (χ2v) is 4.23. The molecule has 0 aliphatic rings. The molecule has 1 unspecified atom stereocenters. The predicted molar refractivity (Wildman–Crippen MR) is 74.7 cm³/mol. The quantitative estimate of drug-likeness (QED) is 0.838. The first-order valence-electron chi connectivity index (χ1n) is 6.50. The Balaban J connectivity index is 3.11. The molecule has 1 heterocycles. The van der Waals surface area contributed by atoms with E-state index in [1.807, 2.05) is 18.7 Å². The molecule has 1 amide bonds. The molecule has 1 aromatic rings. The first kappa shape index (κ1) is 15.2. The molecule has 0 saturated heterocycles. The fraction of sp³-hybridized carbons (Fsp3) is 0.467. The van der Waals surface area contributed by atoms with Crippen molar-refractivity contribution in [1.82, 2.24) is 9.88 Å². The molecule has 0 spiro atoms. The van der Waals surface area contributed by atoms with Crippen LogP contribution in [0.4, 0.5) is 0 Å². The molecule has 1 rings (SSSR count). The largest absolute Gasteiger partial charge is 0.384 e. The zero-order chi connectivity index (χ0) is 14.3. The third kappa shape index (κ3) is 3.80. The van der Waals surface area contributed by atoms with Gasteiger partial charge >= 0.3 is 0 Å². The Kier molecular flexibility index (Phi) is 6.04. The van der Waals surface area contributed by atoms with Gasteiger partial charge in [0.1, 0.15) is 6.61 Å². The van der Waals surface area contributed by atoms with Crippen molar-refractivity contribution in [2.24, 2.45) is 0 Å². The average Bonchev–Trinajstić information content (AvgIpc) is 2.45. The number of nitrogens with zero attached hydrogens (tertiary/aromatic N) is 2. The van der Waals surface area contributed by atoms with Gasteiger partial charge in [-0.05, 0) is 26.3 Å². The van der Waals surface area contributed by atoms with E-state index in [9.17, 15) is 4.79 Å². The number of carbonyl (C=O) groups is 1. The van der Waals surface area contributed by atoms with E-state index in [2.05, 4.69) is 23.7 Å². The van der Waals surface area contributed by atoms with Crippen molar-refractivity contribution in [2.45, 2.75) is 33.2 Å². The Hall–Kier alpha value is -1.86. The third-order valence-electron chi connectivity index (χ3n) is 3.08. The summed E-state index contributed by atoms with van der Waals surface area (Å²) in [4.78, 5) is 18.3. The molecule has 0 saturated carbocycles. The monoisotopic (exact) mass is 260 g/mol. The Morgan fingerprint density at radius 1 is 1.53 bits per heavy atom. The number of hydrogen-bond acceptors (Lipinski definition) is 3. The van der Waals surface area contributed by atoms with Gasteiger partial charge in [0.05, 0.1) is 11.1 Å². The van der Waals surface area contributed by atoms with Crippen molar-refractivity contribution in [3.63, 3.8) is 0 Å². The summed E-state index contributed by atoms with van der Waals surface area (Å²) >= 11 is 0. The van der Waals surface area contributed by atoms with Crippen LogP contribution in [0.1, 0.15) is 43.1 Å². The van der Waals surface area contributed by atoms with Crippen LogP contribution in [-0.2, 0) is 0 Å². The summed E-state index contributed by atoms with van der Waals surface area (Å²) < 4.78 is 0. The van der Waals surface area contributed by atoms with E-state index in [0.717, 1.165) is 6.42 Å². The van der Waals surface area contributed by atoms with Crippen molar-refractivity contribution >= 4 is 5.91 Å². The number of aromatic nitrogens is 1. The topological polar surface area (TPSA) is 53.4 Å². The molecule has 4 heteroatoms. The maximum atomic E-state index is 12.5. The maximum Gasteiger partial charge on any atom is 0.255 e. The van der Waals surface area contributed by atoms with Gasteiger partial charge in [-0.3, -0.25) is 9.78 Å². The first-order chi connectivity index (χ1) is 9.15. The van der Waals surface area contributed by atoms with E-state index in [0.29, 0.717) is 17.7 Å². The molecule has 0 bridgehead atoms. The minimum atomic E-state index is -0.231. The zero-order valence-electron chi connectivity index (χ0n) is 11.7. The standard InChI is InChI=1S/C15H20N2O2/c1-4-12(3)17(5-2)15(19)14-8-9-16-11-13(14)7-6-10-18/h8-9,11-12,18H,4-5,10H2,1-3H3. The Morgan fingerprint density at radius 2 is 2.26 bits per heavy atom. The maximum absolute atomic E-state index is 12.5. The van der Waals surface area contributed by atoms with Crippen LogP contribution < -0.4 is 0 Å². The van der Waals surface area contributed by atoms with Gasteiger partial charge in [0.15, 0.2) is 0 Å². The van der Waals surface area contributed by atoms with Gasteiger partial charge in [0.25, 0.3) is 5.91 Å². The zero-order valence-corrected chi connectivity index (χ0v) is 11.7. The second kappa shape index (κ2) is 7.55. The molecule has 0 aliphatic carbocycles. The third-order valence-corrected chi connectivity index (χ3v) is 3.08. The van der Waals surface area contributed by atoms with Crippen LogP contribution in [0.15, 0.2) is 18.5 Å². The molecule has 0 aromatic carbocycles. The van der Waals surface area contributed by atoms with E-state index in [-0.39, 0.29) is 18.6 Å². The van der Waals surface area contributed by atoms with Crippen molar-refractivity contribution in [1.29, 1.82) is 0 Å². The number of amides is 1. The van der Waals surface area contributed by atoms with Crippen molar-refractivity contribution in [2.75, 3.05) is 13.2 Å². The van der Waals surface area contributed by atoms with Crippen molar-refractivity contribution < 1.29 is 9.90 Å². The number of hydrogen-bond donors (Lipinski definition) is 1. The van der Waals surface area contributed by atoms with Gasteiger partial charge < -0.3 is 10.0 Å². The molecule has 0 aliphatic heterocycles. The van der Waals surface area contributed by atoms with Crippen molar-refractivity contribution in [3.8, 4) is 11.8 Å². The summed E-state index contributed by atoms with van der Waals surface area (Å²) in [7, 11) is 0. The predicted octanol–water partition coefficient (Wildman–Crippen LogP) is 1.69. The fourth-order valence-electron chi connectivity index (χ4n) is 1.85. The van der Waals surface area contributed by atoms with Gasteiger partial charge in [0, 0.05) is 25.0 Å². The van der Waals surface area contributed by atoms with Gasteiger partial charge in [0.2, 0.25) is 0 Å². The smallest absolute Gasteiger partial charge is 0.255 e. The van der Waals surface area contributed by atoms with Crippen LogP contribution in [0.5, 0.6) is 0 Å². The van der Waals surface area contributed by atoms with Gasteiger partial charge in [-0.1, -0.05) is 18.8 Å².